The molecule has 7 heteroatoms. The minimum Gasteiger partial charge on any atom is -0.497 e. The quantitative estimate of drug-likeness (QED) is 0.632. The van der Waals surface area contributed by atoms with Crippen molar-refractivity contribution in [3.05, 3.63) is 66.1 Å². The summed E-state index contributed by atoms with van der Waals surface area (Å²) in [6, 6.07) is 11.3. The molecule has 1 aliphatic rings. The van der Waals surface area contributed by atoms with E-state index in [1.54, 1.807) is 43.4 Å². The van der Waals surface area contributed by atoms with Crippen molar-refractivity contribution < 1.29 is 14.3 Å². The van der Waals surface area contributed by atoms with Crippen molar-refractivity contribution >= 4 is 5.91 Å². The smallest absolute Gasteiger partial charge is 0.255 e. The van der Waals surface area contributed by atoms with Crippen molar-refractivity contribution in [2.75, 3.05) is 14.2 Å². The largest absolute Gasteiger partial charge is 0.497 e. The maximum absolute atomic E-state index is 13.2. The average Bonchev–Trinajstić information content (AvgIpc) is 3.44. The van der Waals surface area contributed by atoms with E-state index in [-0.39, 0.29) is 11.9 Å². The van der Waals surface area contributed by atoms with E-state index in [1.807, 2.05) is 35.4 Å². The molecule has 0 aliphatic heterocycles. The zero-order valence-corrected chi connectivity index (χ0v) is 15.9. The SMILES string of the molecule is COc1ccc(OC)c(CN(C(=O)c2ccc(-n3cccn3)nc2)C2CC2)c1. The van der Waals surface area contributed by atoms with Crippen molar-refractivity contribution in [1.29, 1.82) is 0 Å². The molecule has 0 spiro atoms. The van der Waals surface area contributed by atoms with Crippen LogP contribution in [0.2, 0.25) is 0 Å². The van der Waals surface area contributed by atoms with Gasteiger partial charge in [0.15, 0.2) is 5.82 Å². The van der Waals surface area contributed by atoms with Gasteiger partial charge in [-0.25, -0.2) is 9.67 Å². The Hall–Kier alpha value is -3.35. The van der Waals surface area contributed by atoms with Gasteiger partial charge in [-0.15, -0.1) is 0 Å². The summed E-state index contributed by atoms with van der Waals surface area (Å²) in [6.45, 7) is 0.463. The number of benzene rings is 1. The highest BCUT2D eigenvalue weighted by atomic mass is 16.5. The molecular formula is C21H22N4O3. The van der Waals surface area contributed by atoms with Crippen LogP contribution in [0.15, 0.2) is 55.0 Å². The Labute approximate surface area is 163 Å². The third-order valence-corrected chi connectivity index (χ3v) is 4.81. The van der Waals surface area contributed by atoms with Crippen molar-refractivity contribution in [2.45, 2.75) is 25.4 Å². The minimum absolute atomic E-state index is 0.0353. The summed E-state index contributed by atoms with van der Waals surface area (Å²) < 4.78 is 12.5. The maximum Gasteiger partial charge on any atom is 0.255 e. The highest BCUT2D eigenvalue weighted by Crippen LogP contribution is 2.33. The van der Waals surface area contributed by atoms with Crippen LogP contribution in [0.5, 0.6) is 11.5 Å². The molecule has 1 aromatic carbocycles. The van der Waals surface area contributed by atoms with Crippen LogP contribution in [0.25, 0.3) is 5.82 Å². The van der Waals surface area contributed by atoms with Crippen LogP contribution >= 0.6 is 0 Å². The third-order valence-electron chi connectivity index (χ3n) is 4.81. The molecule has 2 aromatic heterocycles. The van der Waals surface area contributed by atoms with E-state index < -0.39 is 0 Å². The van der Waals surface area contributed by atoms with Gasteiger partial charge in [-0.05, 0) is 49.2 Å². The van der Waals surface area contributed by atoms with Crippen LogP contribution in [0.3, 0.4) is 0 Å². The van der Waals surface area contributed by atoms with E-state index in [0.717, 1.165) is 29.9 Å². The van der Waals surface area contributed by atoms with Crippen LogP contribution in [0.4, 0.5) is 0 Å². The summed E-state index contributed by atoms with van der Waals surface area (Å²) in [6.07, 6.45) is 7.14. The Morgan fingerprint density at radius 1 is 1.21 bits per heavy atom. The van der Waals surface area contributed by atoms with Crippen molar-refractivity contribution in [3.63, 3.8) is 0 Å². The molecule has 4 rings (SSSR count). The van der Waals surface area contributed by atoms with E-state index >= 15 is 0 Å². The second kappa shape index (κ2) is 7.72. The first-order valence-electron chi connectivity index (χ1n) is 9.17. The summed E-state index contributed by atoms with van der Waals surface area (Å²) in [5, 5.41) is 4.16. The summed E-state index contributed by atoms with van der Waals surface area (Å²) in [5.41, 5.74) is 1.48. The molecule has 1 saturated carbocycles. The van der Waals surface area contributed by atoms with Gasteiger partial charge in [-0.2, -0.15) is 5.10 Å². The van der Waals surface area contributed by atoms with E-state index in [1.165, 1.54) is 0 Å². The molecule has 0 radical (unpaired) electrons. The molecular weight excluding hydrogens is 356 g/mol. The number of ether oxygens (including phenoxy) is 2. The first kappa shape index (κ1) is 18.0. The van der Waals surface area contributed by atoms with Crippen molar-refractivity contribution in [3.8, 4) is 17.3 Å². The molecule has 7 nitrogen and oxygen atoms in total. The first-order valence-corrected chi connectivity index (χ1v) is 9.17. The van der Waals surface area contributed by atoms with Crippen LogP contribution in [0, 0.1) is 0 Å². The van der Waals surface area contributed by atoms with Crippen LogP contribution < -0.4 is 9.47 Å². The molecule has 1 aliphatic carbocycles. The monoisotopic (exact) mass is 378 g/mol. The molecule has 0 bridgehead atoms. The molecule has 3 aromatic rings. The summed E-state index contributed by atoms with van der Waals surface area (Å²) in [5.74, 6) is 2.12. The van der Waals surface area contributed by atoms with Crippen LogP contribution in [0.1, 0.15) is 28.8 Å². The molecule has 1 amide bonds. The second-order valence-corrected chi connectivity index (χ2v) is 6.70. The number of methoxy groups -OCH3 is 2. The number of rotatable bonds is 7. The number of hydrogen-bond donors (Lipinski definition) is 0. The summed E-state index contributed by atoms with van der Waals surface area (Å²) in [7, 11) is 3.26. The van der Waals surface area contributed by atoms with Gasteiger partial charge in [0.05, 0.1) is 26.3 Å². The fraction of sp³-hybridized carbons (Fsp3) is 0.286. The van der Waals surface area contributed by atoms with E-state index in [9.17, 15) is 4.79 Å². The van der Waals surface area contributed by atoms with E-state index in [4.69, 9.17) is 9.47 Å². The molecule has 0 atom stereocenters. The lowest BCUT2D eigenvalue weighted by molar-refractivity contribution is 0.0728. The lowest BCUT2D eigenvalue weighted by Gasteiger charge is -2.24. The predicted molar refractivity (Wildman–Crippen MR) is 104 cm³/mol. The van der Waals surface area contributed by atoms with Gasteiger partial charge in [0.25, 0.3) is 5.91 Å². The van der Waals surface area contributed by atoms with Gasteiger partial charge >= 0.3 is 0 Å². The zero-order chi connectivity index (χ0) is 19.5. The standard InChI is InChI=1S/C21H22N4O3/c1-27-18-7-8-19(28-2)16(12-18)14-24(17-5-6-17)21(26)15-4-9-20(22-13-15)25-11-3-10-23-25/h3-4,7-13,17H,5-6,14H2,1-2H3. The number of carbonyl (C=O) groups excluding carboxylic acids is 1. The highest BCUT2D eigenvalue weighted by Gasteiger charge is 2.33. The Balaban J connectivity index is 1.57. The molecule has 2 heterocycles. The fourth-order valence-electron chi connectivity index (χ4n) is 3.16. The maximum atomic E-state index is 13.2. The molecule has 28 heavy (non-hydrogen) atoms. The molecule has 0 N–H and O–H groups in total. The normalized spacial score (nSPS) is 13.2. The Morgan fingerprint density at radius 2 is 2.07 bits per heavy atom. The summed E-state index contributed by atoms with van der Waals surface area (Å²) >= 11 is 0. The van der Waals surface area contributed by atoms with Gasteiger partial charge in [0, 0.05) is 30.2 Å². The minimum atomic E-state index is -0.0353. The number of hydrogen-bond acceptors (Lipinski definition) is 5. The number of aromatic nitrogens is 3. The Bertz CT molecular complexity index is 950. The van der Waals surface area contributed by atoms with Crippen LogP contribution in [-0.4, -0.2) is 45.8 Å². The van der Waals surface area contributed by atoms with Gasteiger partial charge in [-0.3, -0.25) is 4.79 Å². The number of pyridine rings is 1. The molecule has 0 saturated heterocycles. The van der Waals surface area contributed by atoms with Crippen molar-refractivity contribution in [2.24, 2.45) is 0 Å². The van der Waals surface area contributed by atoms with Gasteiger partial charge in [0.2, 0.25) is 0 Å². The molecule has 144 valence electrons. The lowest BCUT2D eigenvalue weighted by Crippen LogP contribution is -2.32. The topological polar surface area (TPSA) is 69.5 Å². The third kappa shape index (κ3) is 3.69. The lowest BCUT2D eigenvalue weighted by atomic mass is 10.1. The van der Waals surface area contributed by atoms with Crippen molar-refractivity contribution in [1.82, 2.24) is 19.7 Å². The van der Waals surface area contributed by atoms with Gasteiger partial charge in [-0.1, -0.05) is 0 Å². The highest BCUT2D eigenvalue weighted by molar-refractivity contribution is 5.94. The van der Waals surface area contributed by atoms with E-state index in [2.05, 4.69) is 10.1 Å². The Morgan fingerprint density at radius 3 is 2.68 bits per heavy atom. The first-order chi connectivity index (χ1) is 13.7. The number of amides is 1. The van der Waals surface area contributed by atoms with Gasteiger partial charge in [0.1, 0.15) is 11.5 Å². The number of carbonyl (C=O) groups is 1. The van der Waals surface area contributed by atoms with Gasteiger partial charge < -0.3 is 14.4 Å². The summed E-state index contributed by atoms with van der Waals surface area (Å²) in [4.78, 5) is 19.4. The average molecular weight is 378 g/mol. The fourth-order valence-corrected chi connectivity index (χ4v) is 3.16. The van der Waals surface area contributed by atoms with Crippen LogP contribution in [-0.2, 0) is 6.54 Å². The van der Waals surface area contributed by atoms with E-state index in [0.29, 0.717) is 17.9 Å². The number of nitrogens with zero attached hydrogens (tertiary/aromatic N) is 4. The second-order valence-electron chi connectivity index (χ2n) is 6.70. The Kier molecular flexibility index (Phi) is 4.97. The molecule has 0 unspecified atom stereocenters. The molecule has 1 fully saturated rings. The predicted octanol–water partition coefficient (Wildman–Crippen LogP) is 3.09. The zero-order valence-electron chi connectivity index (χ0n) is 15.9.